The third-order valence-electron chi connectivity index (χ3n) is 3.70. The molecule has 4 rings (SSSR count). The summed E-state index contributed by atoms with van der Waals surface area (Å²) in [5.41, 5.74) is 6.58. The van der Waals surface area contributed by atoms with Crippen molar-refractivity contribution in [1.29, 1.82) is 0 Å². The van der Waals surface area contributed by atoms with Crippen molar-refractivity contribution in [3.63, 3.8) is 0 Å². The maximum Gasteiger partial charge on any atom is 0.191 e. The predicted octanol–water partition coefficient (Wildman–Crippen LogP) is 4.22. The summed E-state index contributed by atoms with van der Waals surface area (Å²) in [5.74, 6) is 1.55. The van der Waals surface area contributed by atoms with Crippen LogP contribution in [0.5, 0.6) is 0 Å². The Morgan fingerprint density at radius 1 is 1.00 bits per heavy atom. The average molecular weight is 247 g/mol. The summed E-state index contributed by atoms with van der Waals surface area (Å²) in [7, 11) is 0. The molecule has 1 aliphatic rings. The third kappa shape index (κ3) is 1.60. The van der Waals surface area contributed by atoms with E-state index in [4.69, 9.17) is 4.42 Å². The Kier molecular flexibility index (Phi) is 2.12. The van der Waals surface area contributed by atoms with Gasteiger partial charge in [-0.1, -0.05) is 36.4 Å². The van der Waals surface area contributed by atoms with Crippen LogP contribution in [0.15, 0.2) is 53.1 Å². The zero-order chi connectivity index (χ0) is 12.8. The van der Waals surface area contributed by atoms with Crippen LogP contribution < -0.4 is 0 Å². The van der Waals surface area contributed by atoms with Crippen molar-refractivity contribution >= 4 is 0 Å². The van der Waals surface area contributed by atoms with E-state index in [1.807, 2.05) is 6.92 Å². The summed E-state index contributed by atoms with van der Waals surface area (Å²) in [6.07, 6.45) is 2.80. The van der Waals surface area contributed by atoms with Crippen molar-refractivity contribution in [2.24, 2.45) is 0 Å². The van der Waals surface area contributed by atoms with E-state index in [1.54, 1.807) is 6.20 Å². The number of oxazole rings is 1. The van der Waals surface area contributed by atoms with Crippen LogP contribution in [0.1, 0.15) is 17.0 Å². The predicted molar refractivity (Wildman–Crippen MR) is 74.9 cm³/mol. The molecule has 0 fully saturated rings. The van der Waals surface area contributed by atoms with Crippen LogP contribution in [0, 0.1) is 6.92 Å². The highest BCUT2D eigenvalue weighted by Crippen LogP contribution is 2.38. The fourth-order valence-corrected chi connectivity index (χ4v) is 2.79. The molecule has 3 aromatic rings. The molecule has 2 aromatic carbocycles. The molecule has 0 amide bonds. The molecular formula is C17H13NO. The van der Waals surface area contributed by atoms with Gasteiger partial charge in [-0.05, 0) is 34.7 Å². The molecule has 0 saturated carbocycles. The quantitative estimate of drug-likeness (QED) is 0.503. The maximum atomic E-state index is 5.60. The minimum Gasteiger partial charge on any atom is -0.441 e. The Labute approximate surface area is 111 Å². The van der Waals surface area contributed by atoms with Gasteiger partial charge in [0.1, 0.15) is 0 Å². The minimum atomic E-state index is 0.707. The first-order valence-corrected chi connectivity index (χ1v) is 6.45. The van der Waals surface area contributed by atoms with Crippen LogP contribution in [-0.2, 0) is 6.42 Å². The Hall–Kier alpha value is -2.35. The maximum absolute atomic E-state index is 5.60. The molecule has 0 atom stereocenters. The highest BCUT2D eigenvalue weighted by molar-refractivity contribution is 5.79. The lowest BCUT2D eigenvalue weighted by Crippen LogP contribution is -1.82. The Bertz CT molecular complexity index is 770. The average Bonchev–Trinajstić information content (AvgIpc) is 3.01. The summed E-state index contributed by atoms with van der Waals surface area (Å²) in [6.45, 7) is 1.87. The topological polar surface area (TPSA) is 26.0 Å². The van der Waals surface area contributed by atoms with Gasteiger partial charge < -0.3 is 4.42 Å². The molecule has 1 aromatic heterocycles. The summed E-state index contributed by atoms with van der Waals surface area (Å²) in [6, 6.07) is 15.1. The highest BCUT2D eigenvalue weighted by Gasteiger charge is 2.18. The lowest BCUT2D eigenvalue weighted by Gasteiger charge is -2.02. The minimum absolute atomic E-state index is 0.707. The summed E-state index contributed by atoms with van der Waals surface area (Å²) >= 11 is 0. The van der Waals surface area contributed by atoms with Gasteiger partial charge in [0.2, 0.25) is 0 Å². The molecule has 0 spiro atoms. The number of hydrogen-bond donors (Lipinski definition) is 0. The third-order valence-corrected chi connectivity index (χ3v) is 3.70. The van der Waals surface area contributed by atoms with Gasteiger partial charge in [0.05, 0.1) is 6.20 Å². The van der Waals surface area contributed by atoms with Crippen molar-refractivity contribution in [2.45, 2.75) is 13.3 Å². The number of hydrogen-bond acceptors (Lipinski definition) is 2. The van der Waals surface area contributed by atoms with Crippen molar-refractivity contribution in [3.8, 4) is 22.5 Å². The molecule has 2 heteroatoms. The lowest BCUT2D eigenvalue weighted by atomic mass is 10.0. The number of aryl methyl sites for hydroxylation is 1. The van der Waals surface area contributed by atoms with Crippen molar-refractivity contribution in [2.75, 3.05) is 0 Å². The van der Waals surface area contributed by atoms with E-state index in [0.29, 0.717) is 5.89 Å². The number of fused-ring (bicyclic) bond motifs is 3. The van der Waals surface area contributed by atoms with Crippen LogP contribution in [0.4, 0.5) is 0 Å². The van der Waals surface area contributed by atoms with Gasteiger partial charge in [0.15, 0.2) is 11.7 Å². The van der Waals surface area contributed by atoms with Gasteiger partial charge in [-0.25, -0.2) is 4.98 Å². The van der Waals surface area contributed by atoms with Crippen molar-refractivity contribution in [3.05, 3.63) is 65.7 Å². The largest absolute Gasteiger partial charge is 0.441 e. The van der Waals surface area contributed by atoms with E-state index in [9.17, 15) is 0 Å². The van der Waals surface area contributed by atoms with E-state index < -0.39 is 0 Å². The normalized spacial score (nSPS) is 12.3. The van der Waals surface area contributed by atoms with Gasteiger partial charge in [-0.2, -0.15) is 0 Å². The molecule has 0 radical (unpaired) electrons. The van der Waals surface area contributed by atoms with Crippen molar-refractivity contribution in [1.82, 2.24) is 4.98 Å². The lowest BCUT2D eigenvalue weighted by molar-refractivity contribution is 0.534. The van der Waals surface area contributed by atoms with E-state index in [0.717, 1.165) is 17.7 Å². The summed E-state index contributed by atoms with van der Waals surface area (Å²) < 4.78 is 5.60. The van der Waals surface area contributed by atoms with Gasteiger partial charge in [0, 0.05) is 12.5 Å². The number of benzene rings is 2. The van der Waals surface area contributed by atoms with Gasteiger partial charge in [0.25, 0.3) is 0 Å². The standard InChI is InChI=1S/C17H13NO/c1-11-18-10-17(19-11)13-6-7-16-14(9-13)8-12-4-2-3-5-15(12)16/h2-7,9-10H,8H2,1H3. The van der Waals surface area contributed by atoms with Gasteiger partial charge >= 0.3 is 0 Å². The van der Waals surface area contributed by atoms with Crippen LogP contribution >= 0.6 is 0 Å². The molecule has 0 bridgehead atoms. The fraction of sp³-hybridized carbons (Fsp3) is 0.118. The summed E-state index contributed by atoms with van der Waals surface area (Å²) in [5, 5.41) is 0. The molecule has 1 aliphatic carbocycles. The first kappa shape index (κ1) is 10.6. The first-order valence-electron chi connectivity index (χ1n) is 6.45. The van der Waals surface area contributed by atoms with Gasteiger partial charge in [-0.3, -0.25) is 0 Å². The van der Waals surface area contributed by atoms with E-state index in [-0.39, 0.29) is 0 Å². The second-order valence-electron chi connectivity index (χ2n) is 4.95. The zero-order valence-corrected chi connectivity index (χ0v) is 10.7. The molecule has 1 heterocycles. The Morgan fingerprint density at radius 3 is 2.68 bits per heavy atom. The highest BCUT2D eigenvalue weighted by atomic mass is 16.4. The zero-order valence-electron chi connectivity index (χ0n) is 10.7. The Morgan fingerprint density at radius 2 is 1.84 bits per heavy atom. The molecule has 0 unspecified atom stereocenters. The number of rotatable bonds is 1. The molecule has 0 N–H and O–H groups in total. The van der Waals surface area contributed by atoms with Crippen LogP contribution in [0.25, 0.3) is 22.5 Å². The SMILES string of the molecule is Cc1ncc(-c2ccc3c(c2)Cc2ccccc2-3)o1. The number of aromatic nitrogens is 1. The fourth-order valence-electron chi connectivity index (χ4n) is 2.79. The second kappa shape index (κ2) is 3.82. The number of nitrogens with zero attached hydrogens (tertiary/aromatic N) is 1. The monoisotopic (exact) mass is 247 g/mol. The van der Waals surface area contributed by atoms with E-state index >= 15 is 0 Å². The van der Waals surface area contributed by atoms with Gasteiger partial charge in [-0.15, -0.1) is 0 Å². The van der Waals surface area contributed by atoms with Crippen molar-refractivity contribution < 1.29 is 4.42 Å². The molecule has 0 aliphatic heterocycles. The molecule has 19 heavy (non-hydrogen) atoms. The first-order chi connectivity index (χ1) is 9.31. The van der Waals surface area contributed by atoms with Crippen LogP contribution in [0.2, 0.25) is 0 Å². The molecule has 2 nitrogen and oxygen atoms in total. The van der Waals surface area contributed by atoms with E-state index in [1.165, 1.54) is 22.3 Å². The van der Waals surface area contributed by atoms with E-state index in [2.05, 4.69) is 47.4 Å². The molecule has 0 saturated heterocycles. The Balaban J connectivity index is 1.83. The van der Waals surface area contributed by atoms with Crippen LogP contribution in [0.3, 0.4) is 0 Å². The molecular weight excluding hydrogens is 234 g/mol. The summed E-state index contributed by atoms with van der Waals surface area (Å²) in [4.78, 5) is 4.16. The van der Waals surface area contributed by atoms with Crippen LogP contribution in [-0.4, -0.2) is 4.98 Å². The molecule has 92 valence electrons. The second-order valence-corrected chi connectivity index (χ2v) is 4.95. The smallest absolute Gasteiger partial charge is 0.191 e.